The van der Waals surface area contributed by atoms with Gasteiger partial charge in [0.25, 0.3) is 11.5 Å². The molecule has 0 fully saturated rings. The summed E-state index contributed by atoms with van der Waals surface area (Å²) in [5.74, 6) is -0.157. The molecule has 5 heteroatoms. The van der Waals surface area contributed by atoms with E-state index in [0.717, 1.165) is 5.69 Å². The minimum absolute atomic E-state index is 0.0539. The molecule has 0 atom stereocenters. The van der Waals surface area contributed by atoms with Gasteiger partial charge in [0, 0.05) is 23.1 Å². The van der Waals surface area contributed by atoms with Gasteiger partial charge in [-0.25, -0.2) is 0 Å². The first kappa shape index (κ1) is 18.5. The van der Waals surface area contributed by atoms with Crippen LogP contribution in [0, 0.1) is 0 Å². The first-order chi connectivity index (χ1) is 12.8. The third-order valence-corrected chi connectivity index (χ3v) is 4.25. The Balaban J connectivity index is 1.66. The van der Waals surface area contributed by atoms with Gasteiger partial charge in [0.15, 0.2) is 0 Å². The number of rotatable bonds is 4. The van der Waals surface area contributed by atoms with Gasteiger partial charge in [0.1, 0.15) is 5.69 Å². The van der Waals surface area contributed by atoms with E-state index in [2.05, 4.69) is 36.4 Å². The second-order valence-electron chi connectivity index (χ2n) is 7.40. The van der Waals surface area contributed by atoms with Gasteiger partial charge in [0.2, 0.25) is 0 Å². The summed E-state index contributed by atoms with van der Waals surface area (Å²) >= 11 is 0. The van der Waals surface area contributed by atoms with Crippen LogP contribution in [0.25, 0.3) is 0 Å². The predicted molar refractivity (Wildman–Crippen MR) is 110 cm³/mol. The van der Waals surface area contributed by atoms with Crippen LogP contribution >= 0.6 is 0 Å². The molecule has 0 unspecified atom stereocenters. The average Bonchev–Trinajstić information content (AvgIpc) is 2.64. The molecule has 0 aliphatic rings. The van der Waals surface area contributed by atoms with E-state index in [1.54, 1.807) is 30.5 Å². The summed E-state index contributed by atoms with van der Waals surface area (Å²) in [5.41, 5.74) is 3.58. The van der Waals surface area contributed by atoms with Crippen LogP contribution in [-0.4, -0.2) is 10.9 Å². The molecule has 0 saturated heterocycles. The number of carbonyl (C=O) groups is 1. The van der Waals surface area contributed by atoms with Gasteiger partial charge >= 0.3 is 0 Å². The molecule has 138 valence electrons. The van der Waals surface area contributed by atoms with Crippen molar-refractivity contribution in [3.05, 3.63) is 88.3 Å². The number of benzene rings is 2. The highest BCUT2D eigenvalue weighted by Crippen LogP contribution is 2.23. The van der Waals surface area contributed by atoms with Crippen LogP contribution in [0.1, 0.15) is 36.7 Å². The fraction of sp³-hybridized carbons (Fsp3) is 0.182. The van der Waals surface area contributed by atoms with E-state index in [9.17, 15) is 9.59 Å². The smallest absolute Gasteiger partial charge is 0.271 e. The summed E-state index contributed by atoms with van der Waals surface area (Å²) < 4.78 is 0. The zero-order chi connectivity index (χ0) is 19.4. The monoisotopic (exact) mass is 361 g/mol. The van der Waals surface area contributed by atoms with Crippen molar-refractivity contribution < 1.29 is 4.79 Å². The van der Waals surface area contributed by atoms with Crippen molar-refractivity contribution in [3.8, 4) is 0 Å². The molecule has 0 radical (unpaired) electrons. The number of aromatic amines is 1. The molecule has 27 heavy (non-hydrogen) atoms. The number of aromatic nitrogens is 1. The quantitative estimate of drug-likeness (QED) is 0.632. The second kappa shape index (κ2) is 7.50. The highest BCUT2D eigenvalue weighted by molar-refractivity contribution is 6.04. The summed E-state index contributed by atoms with van der Waals surface area (Å²) in [6.45, 7) is 6.42. The number of amides is 1. The molecule has 0 aliphatic carbocycles. The Kier molecular flexibility index (Phi) is 5.12. The Morgan fingerprint density at radius 3 is 2.11 bits per heavy atom. The molecule has 0 bridgehead atoms. The number of H-pyrrole nitrogens is 1. The minimum Gasteiger partial charge on any atom is -0.351 e. The third-order valence-electron chi connectivity index (χ3n) is 4.25. The maximum Gasteiger partial charge on any atom is 0.271 e. The summed E-state index contributed by atoms with van der Waals surface area (Å²) in [6, 6.07) is 18.3. The number of anilines is 3. The Hall–Kier alpha value is -3.34. The molecule has 5 nitrogen and oxygen atoms in total. The molecule has 0 aliphatic heterocycles. The zero-order valence-corrected chi connectivity index (χ0v) is 15.7. The summed E-state index contributed by atoms with van der Waals surface area (Å²) in [4.78, 5) is 26.7. The van der Waals surface area contributed by atoms with Crippen molar-refractivity contribution in [1.29, 1.82) is 0 Å². The molecule has 1 aromatic heterocycles. The topological polar surface area (TPSA) is 74.0 Å². The molecule has 1 amide bonds. The van der Waals surface area contributed by atoms with E-state index in [1.807, 2.05) is 36.4 Å². The lowest BCUT2D eigenvalue weighted by atomic mass is 9.87. The molecule has 3 aromatic rings. The van der Waals surface area contributed by atoms with Crippen LogP contribution in [-0.2, 0) is 5.41 Å². The first-order valence-corrected chi connectivity index (χ1v) is 8.79. The highest BCUT2D eigenvalue weighted by atomic mass is 16.1. The van der Waals surface area contributed by atoms with Crippen molar-refractivity contribution >= 4 is 23.0 Å². The van der Waals surface area contributed by atoms with Crippen LogP contribution in [0.15, 0.2) is 71.7 Å². The third kappa shape index (κ3) is 4.64. The van der Waals surface area contributed by atoms with Gasteiger partial charge < -0.3 is 15.6 Å². The summed E-state index contributed by atoms with van der Waals surface area (Å²) in [7, 11) is 0. The Bertz CT molecular complexity index is 982. The Labute approximate surface area is 158 Å². The number of carbonyl (C=O) groups excluding carboxylic acids is 1. The number of nitrogens with one attached hydrogen (secondary N) is 3. The predicted octanol–water partition coefficient (Wildman–Crippen LogP) is 4.67. The lowest BCUT2D eigenvalue weighted by Crippen LogP contribution is -2.14. The standard InChI is InChI=1S/C22H23N3O2/c1-22(2,3)16-8-6-15(7-9-16)20(26)25-18-12-10-17(11-13-18)24-19-5-4-14-23-21(19)27/h4-14,24H,1-3H3,(H,23,27)(H,25,26). The van der Waals surface area contributed by atoms with Gasteiger partial charge in [-0.3, -0.25) is 9.59 Å². The normalized spacial score (nSPS) is 11.1. The molecule has 3 N–H and O–H groups in total. The van der Waals surface area contributed by atoms with E-state index in [0.29, 0.717) is 16.9 Å². The van der Waals surface area contributed by atoms with Gasteiger partial charge in [-0.05, 0) is 59.5 Å². The summed E-state index contributed by atoms with van der Waals surface area (Å²) in [5, 5.41) is 5.93. The lowest BCUT2D eigenvalue weighted by Gasteiger charge is -2.19. The van der Waals surface area contributed by atoms with Crippen LogP contribution in [0.4, 0.5) is 17.1 Å². The van der Waals surface area contributed by atoms with Crippen LogP contribution in [0.2, 0.25) is 0 Å². The maximum atomic E-state index is 12.4. The average molecular weight is 361 g/mol. The molecular formula is C22H23N3O2. The van der Waals surface area contributed by atoms with Crippen molar-refractivity contribution in [2.24, 2.45) is 0 Å². The Morgan fingerprint density at radius 1 is 0.889 bits per heavy atom. The molecule has 0 saturated carbocycles. The highest BCUT2D eigenvalue weighted by Gasteiger charge is 2.14. The van der Waals surface area contributed by atoms with Crippen molar-refractivity contribution in [3.63, 3.8) is 0 Å². The second-order valence-corrected chi connectivity index (χ2v) is 7.40. The van der Waals surface area contributed by atoms with Crippen molar-refractivity contribution in [1.82, 2.24) is 4.98 Å². The maximum absolute atomic E-state index is 12.4. The minimum atomic E-state index is -0.186. The molecule has 3 rings (SSSR count). The lowest BCUT2D eigenvalue weighted by molar-refractivity contribution is 0.102. The fourth-order valence-corrected chi connectivity index (χ4v) is 2.64. The number of hydrogen-bond donors (Lipinski definition) is 3. The van der Waals surface area contributed by atoms with Crippen LogP contribution in [0.5, 0.6) is 0 Å². The van der Waals surface area contributed by atoms with E-state index < -0.39 is 0 Å². The van der Waals surface area contributed by atoms with E-state index in [-0.39, 0.29) is 16.9 Å². The van der Waals surface area contributed by atoms with Crippen LogP contribution in [0.3, 0.4) is 0 Å². The molecule has 2 aromatic carbocycles. The van der Waals surface area contributed by atoms with E-state index in [1.165, 1.54) is 5.56 Å². The van der Waals surface area contributed by atoms with Gasteiger partial charge in [-0.15, -0.1) is 0 Å². The van der Waals surface area contributed by atoms with Crippen molar-refractivity contribution in [2.75, 3.05) is 10.6 Å². The number of hydrogen-bond acceptors (Lipinski definition) is 3. The van der Waals surface area contributed by atoms with E-state index >= 15 is 0 Å². The number of pyridine rings is 1. The van der Waals surface area contributed by atoms with Crippen LogP contribution < -0.4 is 16.2 Å². The summed E-state index contributed by atoms with van der Waals surface area (Å²) in [6.07, 6.45) is 1.58. The molecule has 0 spiro atoms. The van der Waals surface area contributed by atoms with Crippen molar-refractivity contribution in [2.45, 2.75) is 26.2 Å². The van der Waals surface area contributed by atoms with Gasteiger partial charge in [-0.1, -0.05) is 32.9 Å². The van der Waals surface area contributed by atoms with E-state index in [4.69, 9.17) is 0 Å². The fourth-order valence-electron chi connectivity index (χ4n) is 2.64. The Morgan fingerprint density at radius 2 is 1.52 bits per heavy atom. The molecular weight excluding hydrogens is 338 g/mol. The van der Waals surface area contributed by atoms with Gasteiger partial charge in [0.05, 0.1) is 0 Å². The SMILES string of the molecule is CC(C)(C)c1ccc(C(=O)Nc2ccc(Nc3ccc[nH]c3=O)cc2)cc1. The zero-order valence-electron chi connectivity index (χ0n) is 15.7. The van der Waals surface area contributed by atoms with Gasteiger partial charge in [-0.2, -0.15) is 0 Å². The first-order valence-electron chi connectivity index (χ1n) is 8.79. The largest absolute Gasteiger partial charge is 0.351 e. The molecule has 1 heterocycles.